The molecule has 5 nitrogen and oxygen atoms in total. The summed E-state index contributed by atoms with van der Waals surface area (Å²) in [6.45, 7) is 1.85. The average molecular weight is 268 g/mol. The van der Waals surface area contributed by atoms with E-state index < -0.39 is 23.2 Å². The number of hydrogen-bond donors (Lipinski definition) is 2. The van der Waals surface area contributed by atoms with Gasteiger partial charge in [0.25, 0.3) is 0 Å². The van der Waals surface area contributed by atoms with Gasteiger partial charge in [0.15, 0.2) is 11.6 Å². The molecule has 2 aromatic rings. The molecule has 0 amide bonds. The van der Waals surface area contributed by atoms with Crippen molar-refractivity contribution in [3.63, 3.8) is 0 Å². The molecule has 0 unspecified atom stereocenters. The summed E-state index contributed by atoms with van der Waals surface area (Å²) in [4.78, 5) is 10.6. The van der Waals surface area contributed by atoms with Crippen LogP contribution < -0.4 is 5.32 Å². The first-order valence-electron chi connectivity index (χ1n) is 5.36. The van der Waals surface area contributed by atoms with Gasteiger partial charge in [0.05, 0.1) is 17.8 Å². The Morgan fingerprint density at radius 2 is 2.16 bits per heavy atom. The molecule has 7 heteroatoms. The summed E-state index contributed by atoms with van der Waals surface area (Å²) in [6, 6.07) is 3.80. The zero-order chi connectivity index (χ0) is 14.0. The van der Waals surface area contributed by atoms with E-state index in [9.17, 15) is 13.6 Å². The molecule has 1 aromatic carbocycles. The van der Waals surface area contributed by atoms with E-state index in [4.69, 9.17) is 9.63 Å². The van der Waals surface area contributed by atoms with Crippen LogP contribution in [-0.4, -0.2) is 16.2 Å². The molecule has 0 spiro atoms. The predicted molar refractivity (Wildman–Crippen MR) is 61.9 cm³/mol. The zero-order valence-electron chi connectivity index (χ0n) is 9.91. The minimum atomic E-state index is -1.52. The van der Waals surface area contributed by atoms with E-state index in [2.05, 4.69) is 10.5 Å². The quantitative estimate of drug-likeness (QED) is 0.891. The van der Waals surface area contributed by atoms with E-state index in [1.165, 1.54) is 0 Å². The second kappa shape index (κ2) is 5.05. The summed E-state index contributed by atoms with van der Waals surface area (Å²) in [6.07, 6.45) is 0. The van der Waals surface area contributed by atoms with Gasteiger partial charge >= 0.3 is 5.97 Å². The van der Waals surface area contributed by atoms with E-state index in [0.29, 0.717) is 11.5 Å². The molecule has 0 aliphatic heterocycles. The van der Waals surface area contributed by atoms with Crippen molar-refractivity contribution in [1.82, 2.24) is 5.16 Å². The van der Waals surface area contributed by atoms with Crippen LogP contribution in [0.5, 0.6) is 0 Å². The summed E-state index contributed by atoms with van der Waals surface area (Å²) in [7, 11) is 0. The number of carbonyl (C=O) groups is 1. The molecule has 0 atom stereocenters. The minimum absolute atomic E-state index is 0.136. The average Bonchev–Trinajstić information content (AvgIpc) is 2.76. The summed E-state index contributed by atoms with van der Waals surface area (Å²) >= 11 is 0. The van der Waals surface area contributed by atoms with Crippen LogP contribution in [0.1, 0.15) is 21.8 Å². The number of nitrogens with zero attached hydrogens (tertiary/aromatic N) is 1. The molecule has 0 fully saturated rings. The van der Waals surface area contributed by atoms with Crippen LogP contribution in [0.3, 0.4) is 0 Å². The summed E-state index contributed by atoms with van der Waals surface area (Å²) in [5.74, 6) is -3.55. The van der Waals surface area contributed by atoms with Gasteiger partial charge in [-0.3, -0.25) is 0 Å². The van der Waals surface area contributed by atoms with Crippen molar-refractivity contribution in [2.24, 2.45) is 0 Å². The Kier molecular flexibility index (Phi) is 3.46. The van der Waals surface area contributed by atoms with Gasteiger partial charge in [0, 0.05) is 6.07 Å². The number of halogens is 2. The minimum Gasteiger partial charge on any atom is -0.478 e. The summed E-state index contributed by atoms with van der Waals surface area (Å²) < 4.78 is 31.8. The maximum absolute atomic E-state index is 13.6. The molecule has 0 aliphatic rings. The molecule has 1 heterocycles. The largest absolute Gasteiger partial charge is 0.478 e. The monoisotopic (exact) mass is 268 g/mol. The number of benzene rings is 1. The van der Waals surface area contributed by atoms with Crippen molar-refractivity contribution < 1.29 is 23.2 Å². The highest BCUT2D eigenvalue weighted by Crippen LogP contribution is 2.21. The first-order valence-corrected chi connectivity index (χ1v) is 5.36. The lowest BCUT2D eigenvalue weighted by Crippen LogP contribution is -2.07. The number of aromatic carboxylic acids is 1. The Balaban J connectivity index is 2.17. The topological polar surface area (TPSA) is 75.4 Å². The van der Waals surface area contributed by atoms with Crippen LogP contribution in [0, 0.1) is 18.6 Å². The standard InChI is InChI=1S/C12H10F2N2O3/c1-6-4-7(16-19-6)5-15-9-3-2-8(12(17)18)10(13)11(9)14/h2-4,15H,5H2,1H3,(H,17,18). The number of aromatic nitrogens is 1. The van der Waals surface area contributed by atoms with E-state index in [1.807, 2.05) is 0 Å². The fourth-order valence-electron chi connectivity index (χ4n) is 1.54. The van der Waals surface area contributed by atoms with E-state index in [0.717, 1.165) is 12.1 Å². The number of nitrogens with one attached hydrogen (secondary N) is 1. The Hall–Kier alpha value is -2.44. The highest BCUT2D eigenvalue weighted by atomic mass is 19.2. The van der Waals surface area contributed by atoms with E-state index in [1.54, 1.807) is 13.0 Å². The van der Waals surface area contributed by atoms with Gasteiger partial charge in [-0.05, 0) is 19.1 Å². The van der Waals surface area contributed by atoms with Crippen LogP contribution in [0.15, 0.2) is 22.7 Å². The predicted octanol–water partition coefficient (Wildman–Crippen LogP) is 2.57. The molecule has 0 saturated carbocycles. The molecule has 19 heavy (non-hydrogen) atoms. The van der Waals surface area contributed by atoms with Gasteiger partial charge in [0.1, 0.15) is 11.5 Å². The SMILES string of the molecule is Cc1cc(CNc2ccc(C(=O)O)c(F)c2F)no1. The number of hydrogen-bond acceptors (Lipinski definition) is 4. The second-order valence-corrected chi connectivity index (χ2v) is 3.88. The van der Waals surface area contributed by atoms with Crippen molar-refractivity contribution in [2.75, 3.05) is 5.32 Å². The molecular weight excluding hydrogens is 258 g/mol. The summed E-state index contributed by atoms with van der Waals surface area (Å²) in [5, 5.41) is 14.9. The zero-order valence-corrected chi connectivity index (χ0v) is 9.91. The van der Waals surface area contributed by atoms with Crippen molar-refractivity contribution in [3.05, 3.63) is 46.9 Å². The maximum Gasteiger partial charge on any atom is 0.338 e. The second-order valence-electron chi connectivity index (χ2n) is 3.88. The van der Waals surface area contributed by atoms with Crippen molar-refractivity contribution in [3.8, 4) is 0 Å². The van der Waals surface area contributed by atoms with Gasteiger partial charge in [-0.25, -0.2) is 13.6 Å². The van der Waals surface area contributed by atoms with E-state index in [-0.39, 0.29) is 12.2 Å². The highest BCUT2D eigenvalue weighted by molar-refractivity contribution is 5.88. The van der Waals surface area contributed by atoms with Crippen molar-refractivity contribution in [1.29, 1.82) is 0 Å². The molecule has 0 saturated heterocycles. The van der Waals surface area contributed by atoms with Gasteiger partial charge in [-0.1, -0.05) is 5.16 Å². The van der Waals surface area contributed by atoms with E-state index >= 15 is 0 Å². The molecule has 100 valence electrons. The Morgan fingerprint density at radius 1 is 1.42 bits per heavy atom. The first-order chi connectivity index (χ1) is 8.99. The van der Waals surface area contributed by atoms with Gasteiger partial charge < -0.3 is 14.9 Å². The first kappa shape index (κ1) is 13.0. The Bertz CT molecular complexity index is 625. The lowest BCUT2D eigenvalue weighted by atomic mass is 10.2. The van der Waals surface area contributed by atoms with Gasteiger partial charge in [-0.15, -0.1) is 0 Å². The van der Waals surface area contributed by atoms with Crippen molar-refractivity contribution >= 4 is 11.7 Å². The maximum atomic E-state index is 13.6. The normalized spacial score (nSPS) is 10.5. The van der Waals surface area contributed by atoms with Crippen LogP contribution in [0.2, 0.25) is 0 Å². The Morgan fingerprint density at radius 3 is 2.74 bits per heavy atom. The molecular formula is C12H10F2N2O3. The van der Waals surface area contributed by atoms with Gasteiger partial charge in [0.2, 0.25) is 0 Å². The molecule has 1 aromatic heterocycles. The molecule has 2 N–H and O–H groups in total. The van der Waals surface area contributed by atoms with Gasteiger partial charge in [-0.2, -0.15) is 0 Å². The molecule has 2 rings (SSSR count). The molecule has 0 bridgehead atoms. The third-order valence-electron chi connectivity index (χ3n) is 2.45. The lowest BCUT2D eigenvalue weighted by molar-refractivity contribution is 0.0690. The van der Waals surface area contributed by atoms with Crippen LogP contribution in [-0.2, 0) is 6.54 Å². The number of carboxylic acids is 1. The van der Waals surface area contributed by atoms with Crippen molar-refractivity contribution in [2.45, 2.75) is 13.5 Å². The number of anilines is 1. The highest BCUT2D eigenvalue weighted by Gasteiger charge is 2.17. The fourth-order valence-corrected chi connectivity index (χ4v) is 1.54. The number of rotatable bonds is 4. The molecule has 0 aliphatic carbocycles. The number of aryl methyl sites for hydroxylation is 1. The smallest absolute Gasteiger partial charge is 0.338 e. The molecule has 0 radical (unpaired) electrons. The third kappa shape index (κ3) is 2.70. The van der Waals surface area contributed by atoms with Crippen LogP contribution >= 0.6 is 0 Å². The fraction of sp³-hybridized carbons (Fsp3) is 0.167. The number of carboxylic acid groups (broad SMARTS) is 1. The third-order valence-corrected chi connectivity index (χ3v) is 2.45. The summed E-state index contributed by atoms with van der Waals surface area (Å²) in [5.41, 5.74) is -0.317. The van der Waals surface area contributed by atoms with Crippen LogP contribution in [0.4, 0.5) is 14.5 Å². The lowest BCUT2D eigenvalue weighted by Gasteiger charge is -2.07. The Labute approximate surface area is 106 Å². The van der Waals surface area contributed by atoms with Crippen LogP contribution in [0.25, 0.3) is 0 Å².